The summed E-state index contributed by atoms with van der Waals surface area (Å²) in [6.07, 6.45) is 4.51. The predicted molar refractivity (Wildman–Crippen MR) is 63.1 cm³/mol. The van der Waals surface area contributed by atoms with Crippen molar-refractivity contribution in [2.24, 2.45) is 5.73 Å². The van der Waals surface area contributed by atoms with E-state index in [2.05, 4.69) is 4.98 Å². The lowest BCUT2D eigenvalue weighted by molar-refractivity contribution is 0.657. The third-order valence-corrected chi connectivity index (χ3v) is 3.61. The fourth-order valence-electron chi connectivity index (χ4n) is 1.26. The SMILES string of the molecule is Cc1nccn1CCS(=O)CCC(C)N. The molecule has 1 rings (SSSR count). The smallest absolute Gasteiger partial charge is 0.105 e. The maximum atomic E-state index is 11.6. The Morgan fingerprint density at radius 3 is 2.87 bits per heavy atom. The van der Waals surface area contributed by atoms with Crippen molar-refractivity contribution in [1.29, 1.82) is 0 Å². The van der Waals surface area contributed by atoms with Crippen LogP contribution in [0.3, 0.4) is 0 Å². The van der Waals surface area contributed by atoms with Gasteiger partial charge in [0.05, 0.1) is 0 Å². The van der Waals surface area contributed by atoms with Crippen LogP contribution in [0.1, 0.15) is 19.2 Å². The lowest BCUT2D eigenvalue weighted by Gasteiger charge is -2.06. The van der Waals surface area contributed by atoms with Crippen molar-refractivity contribution >= 4 is 10.8 Å². The first-order chi connectivity index (χ1) is 7.09. The topological polar surface area (TPSA) is 60.9 Å². The third kappa shape index (κ3) is 4.57. The molecule has 0 amide bonds. The van der Waals surface area contributed by atoms with E-state index in [4.69, 9.17) is 5.73 Å². The monoisotopic (exact) mass is 229 g/mol. The van der Waals surface area contributed by atoms with Gasteiger partial charge in [-0.2, -0.15) is 0 Å². The van der Waals surface area contributed by atoms with Crippen LogP contribution in [0.25, 0.3) is 0 Å². The molecular formula is C10H19N3OS. The molecule has 0 saturated carbocycles. The molecule has 0 saturated heterocycles. The van der Waals surface area contributed by atoms with E-state index in [1.165, 1.54) is 0 Å². The number of imidazole rings is 1. The Labute approximate surface area is 93.3 Å². The minimum atomic E-state index is -0.762. The molecule has 0 aliphatic carbocycles. The van der Waals surface area contributed by atoms with Gasteiger partial charge in [0.25, 0.3) is 0 Å². The van der Waals surface area contributed by atoms with Crippen molar-refractivity contribution in [3.8, 4) is 0 Å². The third-order valence-electron chi connectivity index (χ3n) is 2.28. The number of nitrogens with zero attached hydrogens (tertiary/aromatic N) is 2. The van der Waals surface area contributed by atoms with E-state index >= 15 is 0 Å². The van der Waals surface area contributed by atoms with Gasteiger partial charge in [-0.25, -0.2) is 4.98 Å². The summed E-state index contributed by atoms with van der Waals surface area (Å²) in [7, 11) is -0.762. The number of nitrogens with two attached hydrogens (primary N) is 1. The summed E-state index contributed by atoms with van der Waals surface area (Å²) in [5, 5.41) is 0. The van der Waals surface area contributed by atoms with Crippen molar-refractivity contribution in [3.05, 3.63) is 18.2 Å². The highest BCUT2D eigenvalue weighted by atomic mass is 32.2. The second kappa shape index (κ2) is 6.02. The van der Waals surface area contributed by atoms with Gasteiger partial charge in [0, 0.05) is 47.3 Å². The maximum Gasteiger partial charge on any atom is 0.105 e. The minimum Gasteiger partial charge on any atom is -0.334 e. The number of hydrogen-bond acceptors (Lipinski definition) is 3. The summed E-state index contributed by atoms with van der Waals surface area (Å²) >= 11 is 0. The molecule has 1 aromatic rings. The standard InChI is InChI=1S/C10H19N3OS/c1-9(11)3-7-15(14)8-6-13-5-4-12-10(13)2/h4-5,9H,3,6-8,11H2,1-2H3. The highest BCUT2D eigenvalue weighted by Gasteiger charge is 2.03. The Morgan fingerprint density at radius 2 is 2.33 bits per heavy atom. The van der Waals surface area contributed by atoms with Gasteiger partial charge in [-0.1, -0.05) is 0 Å². The van der Waals surface area contributed by atoms with Gasteiger partial charge in [-0.15, -0.1) is 0 Å². The van der Waals surface area contributed by atoms with E-state index in [1.54, 1.807) is 6.20 Å². The van der Waals surface area contributed by atoms with E-state index in [0.717, 1.165) is 18.8 Å². The van der Waals surface area contributed by atoms with E-state index in [-0.39, 0.29) is 6.04 Å². The van der Waals surface area contributed by atoms with Crippen LogP contribution in [0.4, 0.5) is 0 Å². The van der Waals surface area contributed by atoms with Crippen LogP contribution in [-0.2, 0) is 17.3 Å². The molecule has 2 N–H and O–H groups in total. The summed E-state index contributed by atoms with van der Waals surface area (Å²) in [4.78, 5) is 4.11. The average molecular weight is 229 g/mol. The van der Waals surface area contributed by atoms with E-state index in [9.17, 15) is 4.21 Å². The lowest BCUT2D eigenvalue weighted by Crippen LogP contribution is -2.19. The Hall–Kier alpha value is -0.680. The van der Waals surface area contributed by atoms with Gasteiger partial charge in [-0.3, -0.25) is 4.21 Å². The normalized spacial score (nSPS) is 15.1. The molecule has 15 heavy (non-hydrogen) atoms. The summed E-state index contributed by atoms with van der Waals surface area (Å²) < 4.78 is 13.6. The molecule has 1 heterocycles. The molecule has 0 radical (unpaired) electrons. The van der Waals surface area contributed by atoms with Crippen LogP contribution in [-0.4, -0.2) is 31.3 Å². The lowest BCUT2D eigenvalue weighted by atomic mass is 10.3. The molecule has 86 valence electrons. The van der Waals surface area contributed by atoms with Crippen LogP contribution in [0.2, 0.25) is 0 Å². The molecule has 2 atom stereocenters. The van der Waals surface area contributed by atoms with Gasteiger partial charge in [0.2, 0.25) is 0 Å². The Bertz CT molecular complexity index is 322. The molecular weight excluding hydrogens is 210 g/mol. The average Bonchev–Trinajstić information content (AvgIpc) is 2.58. The Morgan fingerprint density at radius 1 is 1.60 bits per heavy atom. The van der Waals surface area contributed by atoms with E-state index in [1.807, 2.05) is 24.6 Å². The second-order valence-corrected chi connectivity index (χ2v) is 5.48. The fourth-order valence-corrected chi connectivity index (χ4v) is 2.50. The van der Waals surface area contributed by atoms with Crippen molar-refractivity contribution < 1.29 is 4.21 Å². The van der Waals surface area contributed by atoms with Gasteiger partial charge in [0.1, 0.15) is 5.82 Å². The minimum absolute atomic E-state index is 0.143. The van der Waals surface area contributed by atoms with Crippen LogP contribution in [0, 0.1) is 6.92 Å². The van der Waals surface area contributed by atoms with Crippen molar-refractivity contribution in [3.63, 3.8) is 0 Å². The van der Waals surface area contributed by atoms with Crippen LogP contribution < -0.4 is 5.73 Å². The summed E-state index contributed by atoms with van der Waals surface area (Å²) in [6, 6.07) is 0.143. The zero-order valence-corrected chi connectivity index (χ0v) is 10.2. The van der Waals surface area contributed by atoms with Gasteiger partial charge >= 0.3 is 0 Å². The molecule has 0 aliphatic rings. The van der Waals surface area contributed by atoms with Gasteiger partial charge in [0.15, 0.2) is 0 Å². The molecule has 0 aromatic carbocycles. The van der Waals surface area contributed by atoms with E-state index < -0.39 is 10.8 Å². The van der Waals surface area contributed by atoms with Gasteiger partial charge in [-0.05, 0) is 20.3 Å². The van der Waals surface area contributed by atoms with Crippen molar-refractivity contribution in [2.75, 3.05) is 11.5 Å². The van der Waals surface area contributed by atoms with Crippen molar-refractivity contribution in [2.45, 2.75) is 32.9 Å². The maximum absolute atomic E-state index is 11.6. The second-order valence-electron chi connectivity index (χ2n) is 3.78. The molecule has 1 aromatic heterocycles. The molecule has 2 unspecified atom stereocenters. The highest BCUT2D eigenvalue weighted by Crippen LogP contribution is 1.98. The summed E-state index contributed by atoms with van der Waals surface area (Å²) in [5.41, 5.74) is 5.61. The Kier molecular flexibility index (Phi) is 4.98. The zero-order valence-electron chi connectivity index (χ0n) is 9.35. The molecule has 0 aliphatic heterocycles. The summed E-state index contributed by atoms with van der Waals surface area (Å²) in [5.74, 6) is 2.36. The predicted octanol–water partition coefficient (Wildman–Crippen LogP) is 0.678. The molecule has 5 heteroatoms. The molecule has 4 nitrogen and oxygen atoms in total. The summed E-state index contributed by atoms with van der Waals surface area (Å²) in [6.45, 7) is 4.67. The molecule has 0 spiro atoms. The number of aryl methyl sites for hydroxylation is 2. The quantitative estimate of drug-likeness (QED) is 0.780. The molecule has 0 fully saturated rings. The van der Waals surface area contributed by atoms with Gasteiger partial charge < -0.3 is 10.3 Å². The number of rotatable bonds is 6. The van der Waals surface area contributed by atoms with Crippen LogP contribution >= 0.6 is 0 Å². The first-order valence-corrected chi connectivity index (χ1v) is 6.66. The first kappa shape index (κ1) is 12.4. The van der Waals surface area contributed by atoms with Crippen LogP contribution in [0.5, 0.6) is 0 Å². The van der Waals surface area contributed by atoms with Crippen LogP contribution in [0.15, 0.2) is 12.4 Å². The number of hydrogen-bond donors (Lipinski definition) is 1. The highest BCUT2D eigenvalue weighted by molar-refractivity contribution is 7.84. The molecule has 0 bridgehead atoms. The fraction of sp³-hybridized carbons (Fsp3) is 0.700. The first-order valence-electron chi connectivity index (χ1n) is 5.18. The van der Waals surface area contributed by atoms with E-state index in [0.29, 0.717) is 11.5 Å². The van der Waals surface area contributed by atoms with Crippen molar-refractivity contribution in [1.82, 2.24) is 9.55 Å². The zero-order chi connectivity index (χ0) is 11.3. The number of aromatic nitrogens is 2. The Balaban J connectivity index is 2.26. The largest absolute Gasteiger partial charge is 0.334 e.